The zero-order valence-corrected chi connectivity index (χ0v) is 12.2. The molecule has 7 heteroatoms. The number of carboxylic acids is 1. The molecule has 1 aromatic carbocycles. The summed E-state index contributed by atoms with van der Waals surface area (Å²) in [6.07, 6.45) is 0. The van der Waals surface area contributed by atoms with Gasteiger partial charge in [-0.3, -0.25) is 9.36 Å². The summed E-state index contributed by atoms with van der Waals surface area (Å²) in [6, 6.07) is 8.72. The molecule has 0 saturated heterocycles. The van der Waals surface area contributed by atoms with E-state index in [1.54, 1.807) is 24.3 Å². The van der Waals surface area contributed by atoms with E-state index < -0.39 is 28.7 Å². The summed E-state index contributed by atoms with van der Waals surface area (Å²) in [4.78, 5) is 24.6. The fraction of sp³-hybridized carbons (Fsp3) is 0. The third kappa shape index (κ3) is 1.83. The molecule has 0 saturated carbocycles. The zero-order valence-electron chi connectivity index (χ0n) is 11.3. The predicted octanol–water partition coefficient (Wildman–Crippen LogP) is 3.38. The number of benzene rings is 2. The Morgan fingerprint density at radius 3 is 2.61 bits per heavy atom. The standard InChI is InChI=1S/C16H7F2NO3S/c17-9-5-7-13-12(6-8(14(7)20)16(21)22)23-11-4-2-1-3-10(11)19(13)15(9)18/h1-6H,(H,21,22). The van der Waals surface area contributed by atoms with Crippen LogP contribution in [0.15, 0.2) is 51.0 Å². The topological polar surface area (TPSA) is 59.3 Å². The molecule has 23 heavy (non-hydrogen) atoms. The molecule has 1 N–H and O–H groups in total. The lowest BCUT2D eigenvalue weighted by Crippen LogP contribution is -2.23. The maximum Gasteiger partial charge on any atom is 0.339 e. The monoisotopic (exact) mass is 331 g/mol. The van der Waals surface area contributed by atoms with E-state index in [1.165, 1.54) is 17.8 Å². The summed E-state index contributed by atoms with van der Waals surface area (Å²) < 4.78 is 29.4. The van der Waals surface area contributed by atoms with Gasteiger partial charge >= 0.3 is 5.97 Å². The van der Waals surface area contributed by atoms with Gasteiger partial charge in [0.2, 0.25) is 11.4 Å². The fourth-order valence-corrected chi connectivity index (χ4v) is 3.84. The van der Waals surface area contributed by atoms with Gasteiger partial charge in [-0.05, 0) is 24.3 Å². The Morgan fingerprint density at radius 1 is 1.13 bits per heavy atom. The van der Waals surface area contributed by atoms with Gasteiger partial charge in [-0.15, -0.1) is 0 Å². The quantitative estimate of drug-likeness (QED) is 0.543. The Balaban J connectivity index is 2.24. The van der Waals surface area contributed by atoms with Crippen molar-refractivity contribution < 1.29 is 18.7 Å². The Labute approximate surface area is 132 Å². The smallest absolute Gasteiger partial charge is 0.339 e. The van der Waals surface area contributed by atoms with E-state index in [-0.39, 0.29) is 11.3 Å². The molecule has 0 bridgehead atoms. The number of carboxylic acid groups (broad SMARTS) is 1. The lowest BCUT2D eigenvalue weighted by atomic mass is 10.0. The summed E-state index contributed by atoms with van der Waals surface area (Å²) >= 11 is 1.22. The second-order valence-electron chi connectivity index (χ2n) is 5.01. The minimum Gasteiger partial charge on any atom is -0.478 e. The SMILES string of the molecule is O=C(O)c1cc2c3n(c(F)c(F)cc-3c1=O)-c1ccccc1S2. The number of carbonyl (C=O) groups is 1. The molecule has 114 valence electrons. The number of rotatable bonds is 1. The van der Waals surface area contributed by atoms with E-state index in [0.29, 0.717) is 15.5 Å². The third-order valence-corrected chi connectivity index (χ3v) is 4.79. The molecule has 0 unspecified atom stereocenters. The molecule has 2 aliphatic heterocycles. The molecular weight excluding hydrogens is 324 g/mol. The maximum absolute atomic E-state index is 14.4. The lowest BCUT2D eigenvalue weighted by Gasteiger charge is -2.26. The van der Waals surface area contributed by atoms with Crippen LogP contribution in [0.1, 0.15) is 10.4 Å². The van der Waals surface area contributed by atoms with Crippen LogP contribution in [0.25, 0.3) is 16.9 Å². The molecular formula is C16H7F2NO3S. The van der Waals surface area contributed by atoms with Crippen LogP contribution < -0.4 is 5.43 Å². The molecule has 0 amide bonds. The largest absolute Gasteiger partial charge is 0.478 e. The third-order valence-electron chi connectivity index (χ3n) is 3.70. The summed E-state index contributed by atoms with van der Waals surface area (Å²) in [5.41, 5.74) is -0.848. The molecule has 1 aliphatic carbocycles. The molecule has 2 heterocycles. The van der Waals surface area contributed by atoms with Gasteiger partial charge in [0, 0.05) is 9.79 Å². The van der Waals surface area contributed by atoms with Gasteiger partial charge in [0.25, 0.3) is 0 Å². The van der Waals surface area contributed by atoms with Gasteiger partial charge < -0.3 is 5.11 Å². The predicted molar refractivity (Wildman–Crippen MR) is 79.7 cm³/mol. The number of halogens is 2. The van der Waals surface area contributed by atoms with Crippen molar-refractivity contribution >= 4 is 17.7 Å². The van der Waals surface area contributed by atoms with Crippen molar-refractivity contribution in [1.29, 1.82) is 0 Å². The number of pyridine rings is 1. The number of hydrogen-bond acceptors (Lipinski definition) is 3. The lowest BCUT2D eigenvalue weighted by molar-refractivity contribution is 0.0695. The molecule has 0 aromatic heterocycles. The van der Waals surface area contributed by atoms with Gasteiger partial charge in [-0.1, -0.05) is 23.9 Å². The number of fused-ring (bicyclic) bond motifs is 2. The Bertz CT molecular complexity index is 1030. The second-order valence-corrected chi connectivity index (χ2v) is 6.09. The first kappa shape index (κ1) is 14.0. The van der Waals surface area contributed by atoms with Crippen molar-refractivity contribution in [1.82, 2.24) is 4.57 Å². The Kier molecular flexibility index (Phi) is 2.83. The zero-order chi connectivity index (χ0) is 16.3. The van der Waals surface area contributed by atoms with Crippen molar-refractivity contribution in [2.75, 3.05) is 0 Å². The van der Waals surface area contributed by atoms with Crippen LogP contribution in [0.5, 0.6) is 0 Å². The summed E-state index contributed by atoms with van der Waals surface area (Å²) in [5.74, 6) is -3.72. The van der Waals surface area contributed by atoms with E-state index in [0.717, 1.165) is 10.6 Å². The first-order valence-corrected chi connectivity index (χ1v) is 7.39. The van der Waals surface area contributed by atoms with E-state index in [4.69, 9.17) is 5.11 Å². The average molecular weight is 331 g/mol. The normalized spacial score (nSPS) is 12.3. The van der Waals surface area contributed by atoms with Crippen LogP contribution in [-0.4, -0.2) is 15.6 Å². The maximum atomic E-state index is 14.4. The van der Waals surface area contributed by atoms with E-state index in [1.807, 2.05) is 0 Å². The molecule has 4 rings (SSSR count). The highest BCUT2D eigenvalue weighted by Crippen LogP contribution is 2.45. The molecule has 0 radical (unpaired) electrons. The van der Waals surface area contributed by atoms with Crippen molar-refractivity contribution in [3.05, 3.63) is 63.9 Å². The summed E-state index contributed by atoms with van der Waals surface area (Å²) in [7, 11) is 0. The first-order chi connectivity index (χ1) is 11.0. The number of para-hydroxylation sites is 1. The first-order valence-electron chi connectivity index (χ1n) is 6.57. The van der Waals surface area contributed by atoms with Crippen molar-refractivity contribution in [3.8, 4) is 16.9 Å². The van der Waals surface area contributed by atoms with Crippen LogP contribution in [0.4, 0.5) is 8.78 Å². The molecule has 0 fully saturated rings. The van der Waals surface area contributed by atoms with E-state index in [9.17, 15) is 18.4 Å². The van der Waals surface area contributed by atoms with E-state index in [2.05, 4.69) is 0 Å². The van der Waals surface area contributed by atoms with Crippen LogP contribution in [0, 0.1) is 11.8 Å². The summed E-state index contributed by atoms with van der Waals surface area (Å²) in [5, 5.41) is 9.17. The van der Waals surface area contributed by atoms with Crippen molar-refractivity contribution in [2.24, 2.45) is 0 Å². The molecule has 4 nitrogen and oxygen atoms in total. The van der Waals surface area contributed by atoms with Gasteiger partial charge in [0.1, 0.15) is 5.56 Å². The van der Waals surface area contributed by atoms with Crippen LogP contribution in [0.2, 0.25) is 0 Å². The minimum atomic E-state index is -1.40. The second kappa shape index (κ2) is 4.66. The molecule has 0 spiro atoms. The van der Waals surface area contributed by atoms with Crippen molar-refractivity contribution in [3.63, 3.8) is 0 Å². The minimum absolute atomic E-state index is 0.152. The number of aromatic nitrogens is 1. The van der Waals surface area contributed by atoms with Gasteiger partial charge in [0.05, 0.1) is 16.9 Å². The molecule has 0 atom stereocenters. The Morgan fingerprint density at radius 2 is 1.87 bits per heavy atom. The van der Waals surface area contributed by atoms with Crippen LogP contribution in [0.3, 0.4) is 0 Å². The van der Waals surface area contributed by atoms with Crippen LogP contribution >= 0.6 is 11.8 Å². The highest BCUT2D eigenvalue weighted by Gasteiger charge is 2.30. The van der Waals surface area contributed by atoms with Gasteiger partial charge in [-0.2, -0.15) is 4.39 Å². The number of nitrogens with zero attached hydrogens (tertiary/aromatic N) is 1. The Hall–Kier alpha value is -2.67. The molecule has 3 aliphatic rings. The van der Waals surface area contributed by atoms with E-state index >= 15 is 0 Å². The van der Waals surface area contributed by atoms with Gasteiger partial charge in [-0.25, -0.2) is 9.18 Å². The summed E-state index contributed by atoms with van der Waals surface area (Å²) in [6.45, 7) is 0. The highest BCUT2D eigenvalue weighted by atomic mass is 32.2. The van der Waals surface area contributed by atoms with Crippen molar-refractivity contribution in [2.45, 2.75) is 9.79 Å². The average Bonchev–Trinajstić information content (AvgIpc) is 2.53. The number of hydrogen-bond donors (Lipinski definition) is 1. The van der Waals surface area contributed by atoms with Crippen LogP contribution in [-0.2, 0) is 0 Å². The number of aromatic carboxylic acids is 1. The highest BCUT2D eigenvalue weighted by molar-refractivity contribution is 7.99. The molecule has 1 aromatic rings. The van der Waals surface area contributed by atoms with Gasteiger partial charge in [0.15, 0.2) is 5.82 Å². The fourth-order valence-electron chi connectivity index (χ4n) is 2.72.